The minimum atomic E-state index is -0.175. The molecule has 0 aliphatic heterocycles. The van der Waals surface area contributed by atoms with Crippen molar-refractivity contribution in [3.05, 3.63) is 65.2 Å². The molecule has 0 radical (unpaired) electrons. The van der Waals surface area contributed by atoms with E-state index in [1.165, 1.54) is 6.42 Å². The average Bonchev–Trinajstić information content (AvgIpc) is 2.75. The van der Waals surface area contributed by atoms with Gasteiger partial charge in [-0.3, -0.25) is 9.59 Å². The smallest absolute Gasteiger partial charge is 0.241 e. The third-order valence-electron chi connectivity index (χ3n) is 5.20. The second-order valence-corrected chi connectivity index (χ2v) is 7.12. The monoisotopic (exact) mass is 375 g/mol. The molecular weight excluding hydrogens is 350 g/mol. The zero-order valence-corrected chi connectivity index (χ0v) is 16.1. The van der Waals surface area contributed by atoms with E-state index in [2.05, 4.69) is 11.4 Å². The van der Waals surface area contributed by atoms with Crippen molar-refractivity contribution in [1.29, 1.82) is 5.26 Å². The maximum Gasteiger partial charge on any atom is 0.241 e. The molecule has 0 saturated heterocycles. The summed E-state index contributed by atoms with van der Waals surface area (Å²) >= 11 is 0. The van der Waals surface area contributed by atoms with Crippen molar-refractivity contribution in [1.82, 2.24) is 5.32 Å². The first-order valence-corrected chi connectivity index (χ1v) is 9.76. The molecule has 3 rings (SSSR count). The zero-order valence-electron chi connectivity index (χ0n) is 16.1. The fraction of sp³-hybridized carbons (Fsp3) is 0.348. The van der Waals surface area contributed by atoms with Gasteiger partial charge in [0, 0.05) is 17.2 Å². The standard InChI is InChI=1S/C23H25N3O2/c1-25-16-22(27)26(19-10-6-3-7-11-19)21-13-12-17(15-24)14-20(21)23(28)18-8-4-2-5-9-18/h2,4-5,8-9,12-14,19,25H,3,6-7,10-11,16H2,1H3. The minimum Gasteiger partial charge on any atom is -0.311 e. The molecule has 1 saturated carbocycles. The fourth-order valence-electron chi connectivity index (χ4n) is 3.85. The van der Waals surface area contributed by atoms with Crippen LogP contribution in [0.2, 0.25) is 0 Å². The number of nitrogens with one attached hydrogen (secondary N) is 1. The number of nitrogens with zero attached hydrogens (tertiary/aromatic N) is 2. The van der Waals surface area contributed by atoms with E-state index < -0.39 is 0 Å². The van der Waals surface area contributed by atoms with Crippen LogP contribution in [0.4, 0.5) is 5.69 Å². The summed E-state index contributed by atoms with van der Waals surface area (Å²) in [6, 6.07) is 16.2. The van der Waals surface area contributed by atoms with E-state index in [0.717, 1.165) is 25.7 Å². The molecule has 2 aromatic rings. The Kier molecular flexibility index (Phi) is 6.57. The number of likely N-dealkylation sites (N-methyl/N-ethyl adjacent to an activating group) is 1. The largest absolute Gasteiger partial charge is 0.311 e. The van der Waals surface area contributed by atoms with Gasteiger partial charge in [-0.05, 0) is 38.1 Å². The topological polar surface area (TPSA) is 73.2 Å². The Hall–Kier alpha value is -2.97. The molecular formula is C23H25N3O2. The molecule has 1 aliphatic carbocycles. The molecule has 0 atom stereocenters. The molecule has 0 spiro atoms. The second-order valence-electron chi connectivity index (χ2n) is 7.12. The Morgan fingerprint density at radius 1 is 1.11 bits per heavy atom. The van der Waals surface area contributed by atoms with Crippen molar-refractivity contribution in [3.63, 3.8) is 0 Å². The van der Waals surface area contributed by atoms with Crippen molar-refractivity contribution in [3.8, 4) is 6.07 Å². The normalized spacial score (nSPS) is 14.3. The number of rotatable bonds is 6. The van der Waals surface area contributed by atoms with Crippen molar-refractivity contribution in [2.75, 3.05) is 18.5 Å². The summed E-state index contributed by atoms with van der Waals surface area (Å²) < 4.78 is 0. The molecule has 1 N–H and O–H groups in total. The first-order valence-electron chi connectivity index (χ1n) is 9.76. The van der Waals surface area contributed by atoms with Gasteiger partial charge in [-0.15, -0.1) is 0 Å². The quantitative estimate of drug-likeness (QED) is 0.782. The predicted molar refractivity (Wildman–Crippen MR) is 109 cm³/mol. The lowest BCUT2D eigenvalue weighted by Gasteiger charge is -2.35. The highest BCUT2D eigenvalue weighted by molar-refractivity contribution is 6.14. The van der Waals surface area contributed by atoms with E-state index in [-0.39, 0.29) is 24.3 Å². The van der Waals surface area contributed by atoms with Gasteiger partial charge in [-0.2, -0.15) is 5.26 Å². The van der Waals surface area contributed by atoms with Crippen LogP contribution in [0, 0.1) is 11.3 Å². The Balaban J connectivity index is 2.10. The van der Waals surface area contributed by atoms with Crippen molar-refractivity contribution in [2.24, 2.45) is 0 Å². The molecule has 5 nitrogen and oxygen atoms in total. The summed E-state index contributed by atoms with van der Waals surface area (Å²) in [5.41, 5.74) is 1.96. The Morgan fingerprint density at radius 2 is 1.82 bits per heavy atom. The van der Waals surface area contributed by atoms with Crippen LogP contribution < -0.4 is 10.2 Å². The summed E-state index contributed by atoms with van der Waals surface area (Å²) in [4.78, 5) is 28.0. The Morgan fingerprint density at radius 3 is 2.46 bits per heavy atom. The van der Waals surface area contributed by atoms with Crippen LogP contribution in [0.1, 0.15) is 53.6 Å². The van der Waals surface area contributed by atoms with E-state index in [9.17, 15) is 14.9 Å². The third kappa shape index (κ3) is 4.29. The van der Waals surface area contributed by atoms with Crippen LogP contribution in [0.15, 0.2) is 48.5 Å². The highest BCUT2D eigenvalue weighted by atomic mass is 16.2. The van der Waals surface area contributed by atoms with Crippen LogP contribution in [0.25, 0.3) is 0 Å². The maximum absolute atomic E-state index is 13.2. The van der Waals surface area contributed by atoms with E-state index in [4.69, 9.17) is 0 Å². The van der Waals surface area contributed by atoms with Gasteiger partial charge in [0.2, 0.25) is 5.91 Å². The number of hydrogen-bond acceptors (Lipinski definition) is 4. The van der Waals surface area contributed by atoms with Gasteiger partial charge in [0.05, 0.1) is 23.9 Å². The van der Waals surface area contributed by atoms with Crippen molar-refractivity contribution in [2.45, 2.75) is 38.1 Å². The molecule has 144 valence electrons. The zero-order chi connectivity index (χ0) is 19.9. The number of amides is 1. The SMILES string of the molecule is CNCC(=O)N(c1ccc(C#N)cc1C(=O)c1ccccc1)C1CCCCC1. The molecule has 28 heavy (non-hydrogen) atoms. The highest BCUT2D eigenvalue weighted by Crippen LogP contribution is 2.32. The summed E-state index contributed by atoms with van der Waals surface area (Å²) in [6.45, 7) is 0.204. The highest BCUT2D eigenvalue weighted by Gasteiger charge is 2.30. The van der Waals surface area contributed by atoms with Gasteiger partial charge >= 0.3 is 0 Å². The first-order chi connectivity index (χ1) is 13.7. The Labute approximate surface area is 166 Å². The Bertz CT molecular complexity index is 880. The van der Waals surface area contributed by atoms with Crippen LogP contribution in [-0.2, 0) is 4.79 Å². The van der Waals surface area contributed by atoms with Gasteiger partial charge < -0.3 is 10.2 Å². The van der Waals surface area contributed by atoms with Crippen LogP contribution in [0.3, 0.4) is 0 Å². The summed E-state index contributed by atoms with van der Waals surface area (Å²) in [5, 5.41) is 12.3. The van der Waals surface area contributed by atoms with Gasteiger partial charge in [0.15, 0.2) is 5.78 Å². The lowest BCUT2D eigenvalue weighted by atomic mass is 9.92. The predicted octanol–water partition coefficient (Wildman–Crippen LogP) is 3.67. The van der Waals surface area contributed by atoms with Crippen LogP contribution in [0.5, 0.6) is 0 Å². The maximum atomic E-state index is 13.2. The van der Waals surface area contributed by atoms with Gasteiger partial charge in [-0.1, -0.05) is 49.6 Å². The number of hydrogen-bond donors (Lipinski definition) is 1. The molecule has 0 unspecified atom stereocenters. The lowest BCUT2D eigenvalue weighted by molar-refractivity contribution is -0.118. The van der Waals surface area contributed by atoms with Crippen molar-refractivity contribution >= 4 is 17.4 Å². The lowest BCUT2D eigenvalue weighted by Crippen LogP contribution is -2.46. The van der Waals surface area contributed by atoms with E-state index in [0.29, 0.717) is 22.4 Å². The summed E-state index contributed by atoms with van der Waals surface area (Å²) in [7, 11) is 1.74. The van der Waals surface area contributed by atoms with E-state index >= 15 is 0 Å². The van der Waals surface area contributed by atoms with Crippen molar-refractivity contribution < 1.29 is 9.59 Å². The molecule has 5 heteroatoms. The summed E-state index contributed by atoms with van der Waals surface area (Å²) in [6.07, 6.45) is 5.18. The second kappa shape index (κ2) is 9.29. The number of carbonyl (C=O) groups is 2. The van der Waals surface area contributed by atoms with Gasteiger partial charge in [0.25, 0.3) is 0 Å². The van der Waals surface area contributed by atoms with E-state index in [1.807, 2.05) is 18.2 Å². The average molecular weight is 375 g/mol. The van der Waals surface area contributed by atoms with Gasteiger partial charge in [0.1, 0.15) is 0 Å². The molecule has 2 aromatic carbocycles. The number of ketones is 1. The van der Waals surface area contributed by atoms with Gasteiger partial charge in [-0.25, -0.2) is 0 Å². The number of anilines is 1. The summed E-state index contributed by atoms with van der Waals surface area (Å²) in [5.74, 6) is -0.230. The minimum absolute atomic E-state index is 0.0544. The van der Waals surface area contributed by atoms with Crippen LogP contribution >= 0.6 is 0 Å². The van der Waals surface area contributed by atoms with Crippen LogP contribution in [-0.4, -0.2) is 31.3 Å². The first kappa shape index (κ1) is 19.8. The molecule has 1 fully saturated rings. The molecule has 0 bridgehead atoms. The molecule has 0 heterocycles. The molecule has 1 aliphatic rings. The van der Waals surface area contributed by atoms with E-state index in [1.54, 1.807) is 42.3 Å². The number of benzene rings is 2. The fourth-order valence-corrected chi connectivity index (χ4v) is 3.85. The number of nitriles is 1. The third-order valence-corrected chi connectivity index (χ3v) is 5.20. The number of carbonyl (C=O) groups excluding carboxylic acids is 2. The molecule has 1 amide bonds. The molecule has 0 aromatic heterocycles.